The van der Waals surface area contributed by atoms with E-state index in [4.69, 9.17) is 0 Å². The van der Waals surface area contributed by atoms with Crippen LogP contribution in [0, 0.1) is 5.92 Å². The summed E-state index contributed by atoms with van der Waals surface area (Å²) in [6.45, 7) is 5.25. The molecule has 6 heteroatoms. The third-order valence-corrected chi connectivity index (χ3v) is 2.54. The van der Waals surface area contributed by atoms with Gasteiger partial charge in [-0.15, -0.1) is 0 Å². The van der Waals surface area contributed by atoms with Gasteiger partial charge in [-0.25, -0.2) is 4.98 Å². The van der Waals surface area contributed by atoms with Crippen LogP contribution in [0.1, 0.15) is 19.5 Å². The Kier molecular flexibility index (Phi) is 4.22. The lowest BCUT2D eigenvalue weighted by Crippen LogP contribution is -2.26. The van der Waals surface area contributed by atoms with Gasteiger partial charge in [0, 0.05) is 25.1 Å². The second-order valence-corrected chi connectivity index (χ2v) is 4.70. The van der Waals surface area contributed by atoms with E-state index in [1.807, 2.05) is 6.07 Å². The molecule has 0 aliphatic heterocycles. The van der Waals surface area contributed by atoms with Gasteiger partial charge in [0.1, 0.15) is 0 Å². The molecule has 0 aromatic carbocycles. The highest BCUT2D eigenvalue weighted by atomic mass is 16.1. The molecule has 0 saturated carbocycles. The van der Waals surface area contributed by atoms with Crippen LogP contribution in [0.25, 0.3) is 0 Å². The summed E-state index contributed by atoms with van der Waals surface area (Å²) in [6.07, 6.45) is 4.94. The highest BCUT2D eigenvalue weighted by Gasteiger charge is 2.06. The van der Waals surface area contributed by atoms with Crippen molar-refractivity contribution in [3.8, 4) is 0 Å². The second kappa shape index (κ2) is 6.08. The van der Waals surface area contributed by atoms with Crippen molar-refractivity contribution in [2.75, 3.05) is 5.32 Å². The predicted molar refractivity (Wildman–Crippen MR) is 72.7 cm³/mol. The topological polar surface area (TPSA) is 72.7 Å². The number of aromatic nitrogens is 4. The average molecular weight is 259 g/mol. The maximum absolute atomic E-state index is 12.1. The molecule has 0 bridgehead atoms. The number of hydrogen-bond acceptors (Lipinski definition) is 5. The molecule has 0 unspecified atom stereocenters. The molecule has 0 atom stereocenters. The van der Waals surface area contributed by atoms with Crippen LogP contribution in [0.4, 0.5) is 5.82 Å². The minimum Gasteiger partial charge on any atom is -0.360 e. The van der Waals surface area contributed by atoms with Crippen molar-refractivity contribution in [1.82, 2.24) is 19.7 Å². The zero-order valence-corrected chi connectivity index (χ0v) is 11.1. The summed E-state index contributed by atoms with van der Waals surface area (Å²) < 4.78 is 1.66. The first kappa shape index (κ1) is 13.2. The van der Waals surface area contributed by atoms with Gasteiger partial charge in [-0.3, -0.25) is 4.79 Å². The van der Waals surface area contributed by atoms with E-state index in [0.29, 0.717) is 24.8 Å². The maximum atomic E-state index is 12.1. The van der Waals surface area contributed by atoms with E-state index in [0.717, 1.165) is 5.69 Å². The first-order valence-electron chi connectivity index (χ1n) is 6.22. The lowest BCUT2D eigenvalue weighted by molar-refractivity contribution is 0.509. The van der Waals surface area contributed by atoms with Gasteiger partial charge in [0.25, 0.3) is 5.56 Å². The Bertz CT molecular complexity index is 579. The van der Waals surface area contributed by atoms with Gasteiger partial charge in [-0.2, -0.15) is 10.2 Å². The van der Waals surface area contributed by atoms with Crippen molar-refractivity contribution in [3.63, 3.8) is 0 Å². The molecule has 0 radical (unpaired) electrons. The second-order valence-electron chi connectivity index (χ2n) is 4.70. The third-order valence-electron chi connectivity index (χ3n) is 2.54. The number of anilines is 1. The van der Waals surface area contributed by atoms with E-state index in [9.17, 15) is 4.79 Å². The summed E-state index contributed by atoms with van der Waals surface area (Å²) in [6, 6.07) is 3.65. The summed E-state index contributed by atoms with van der Waals surface area (Å²) in [5.74, 6) is 0.752. The van der Waals surface area contributed by atoms with E-state index in [1.165, 1.54) is 0 Å². The first-order chi connectivity index (χ1) is 9.16. The molecule has 0 spiro atoms. The standard InChI is InChI=1S/C13H17N5O/c1-10(2)9-18-7-6-14-12(13(18)19)15-8-11-4-3-5-16-17-11/h3-7,10H,8-9H2,1-2H3,(H,14,15). The molecule has 0 saturated heterocycles. The van der Waals surface area contributed by atoms with Crippen molar-refractivity contribution in [3.05, 3.63) is 46.8 Å². The van der Waals surface area contributed by atoms with Crippen LogP contribution in [0.15, 0.2) is 35.5 Å². The van der Waals surface area contributed by atoms with Crippen LogP contribution in [0.5, 0.6) is 0 Å². The fourth-order valence-corrected chi connectivity index (χ4v) is 1.71. The lowest BCUT2D eigenvalue weighted by Gasteiger charge is -2.10. The molecular formula is C13H17N5O. The maximum Gasteiger partial charge on any atom is 0.293 e. The molecule has 2 heterocycles. The monoisotopic (exact) mass is 259 g/mol. The molecule has 2 aromatic heterocycles. The van der Waals surface area contributed by atoms with E-state index in [-0.39, 0.29) is 5.56 Å². The normalized spacial score (nSPS) is 10.7. The summed E-state index contributed by atoms with van der Waals surface area (Å²) >= 11 is 0. The van der Waals surface area contributed by atoms with Crippen molar-refractivity contribution in [1.29, 1.82) is 0 Å². The number of nitrogens with one attached hydrogen (secondary N) is 1. The van der Waals surface area contributed by atoms with Crippen molar-refractivity contribution in [2.24, 2.45) is 5.92 Å². The van der Waals surface area contributed by atoms with Crippen molar-refractivity contribution < 1.29 is 0 Å². The highest BCUT2D eigenvalue weighted by molar-refractivity contribution is 5.31. The predicted octanol–water partition coefficient (Wildman–Crippen LogP) is 1.30. The number of rotatable bonds is 5. The van der Waals surface area contributed by atoms with Gasteiger partial charge in [0.05, 0.1) is 12.2 Å². The summed E-state index contributed by atoms with van der Waals surface area (Å²) in [5.41, 5.74) is 0.656. The summed E-state index contributed by atoms with van der Waals surface area (Å²) in [5, 5.41) is 10.7. The van der Waals surface area contributed by atoms with Crippen molar-refractivity contribution in [2.45, 2.75) is 26.9 Å². The Morgan fingerprint density at radius 2 is 2.21 bits per heavy atom. The molecule has 0 aliphatic rings. The highest BCUT2D eigenvalue weighted by Crippen LogP contribution is 2.00. The third kappa shape index (κ3) is 3.61. The Labute approximate surface area is 111 Å². The SMILES string of the molecule is CC(C)Cn1ccnc(NCc2cccnn2)c1=O. The molecule has 6 nitrogen and oxygen atoms in total. The molecule has 19 heavy (non-hydrogen) atoms. The van der Waals surface area contributed by atoms with E-state index < -0.39 is 0 Å². The summed E-state index contributed by atoms with van der Waals surface area (Å²) in [7, 11) is 0. The molecule has 1 N–H and O–H groups in total. The zero-order chi connectivity index (χ0) is 13.7. The minimum absolute atomic E-state index is 0.111. The average Bonchev–Trinajstić information content (AvgIpc) is 2.40. The molecular weight excluding hydrogens is 242 g/mol. The van der Waals surface area contributed by atoms with Gasteiger partial charge < -0.3 is 9.88 Å². The Morgan fingerprint density at radius 1 is 1.37 bits per heavy atom. The van der Waals surface area contributed by atoms with Gasteiger partial charge in [-0.1, -0.05) is 13.8 Å². The van der Waals surface area contributed by atoms with Gasteiger partial charge in [0.15, 0.2) is 5.82 Å². The van der Waals surface area contributed by atoms with Gasteiger partial charge in [-0.05, 0) is 18.1 Å². The molecule has 2 aromatic rings. The molecule has 2 rings (SSSR count). The van der Waals surface area contributed by atoms with Crippen LogP contribution >= 0.6 is 0 Å². The van der Waals surface area contributed by atoms with Crippen LogP contribution in [0.2, 0.25) is 0 Å². The van der Waals surface area contributed by atoms with Crippen LogP contribution in [0.3, 0.4) is 0 Å². The fraction of sp³-hybridized carbons (Fsp3) is 0.385. The summed E-state index contributed by atoms with van der Waals surface area (Å²) in [4.78, 5) is 16.2. The lowest BCUT2D eigenvalue weighted by atomic mass is 10.2. The van der Waals surface area contributed by atoms with E-state index in [1.54, 1.807) is 29.2 Å². The van der Waals surface area contributed by atoms with Crippen LogP contribution < -0.4 is 10.9 Å². The zero-order valence-electron chi connectivity index (χ0n) is 11.1. The quantitative estimate of drug-likeness (QED) is 0.876. The molecule has 0 fully saturated rings. The van der Waals surface area contributed by atoms with Crippen LogP contribution in [-0.4, -0.2) is 19.7 Å². The smallest absolute Gasteiger partial charge is 0.293 e. The van der Waals surface area contributed by atoms with Crippen molar-refractivity contribution >= 4 is 5.82 Å². The molecule has 0 aliphatic carbocycles. The van der Waals surface area contributed by atoms with Crippen LogP contribution in [-0.2, 0) is 13.1 Å². The fourth-order valence-electron chi connectivity index (χ4n) is 1.71. The first-order valence-corrected chi connectivity index (χ1v) is 6.22. The molecule has 0 amide bonds. The van der Waals surface area contributed by atoms with Gasteiger partial charge >= 0.3 is 0 Å². The largest absolute Gasteiger partial charge is 0.360 e. The molecule has 100 valence electrons. The minimum atomic E-state index is -0.111. The van der Waals surface area contributed by atoms with Gasteiger partial charge in [0.2, 0.25) is 0 Å². The van der Waals surface area contributed by atoms with E-state index in [2.05, 4.69) is 34.3 Å². The Hall–Kier alpha value is -2.24. The Balaban J connectivity index is 2.11. The van der Waals surface area contributed by atoms with E-state index >= 15 is 0 Å². The number of nitrogens with zero attached hydrogens (tertiary/aromatic N) is 4. The Morgan fingerprint density at radius 3 is 2.89 bits per heavy atom. The number of hydrogen-bond donors (Lipinski definition) is 1.